The van der Waals surface area contributed by atoms with Crippen molar-refractivity contribution in [3.05, 3.63) is 52.8 Å². The predicted molar refractivity (Wildman–Crippen MR) is 83.3 cm³/mol. The first-order chi connectivity index (χ1) is 10.5. The van der Waals surface area contributed by atoms with Gasteiger partial charge in [-0.2, -0.15) is 0 Å². The zero-order valence-electron chi connectivity index (χ0n) is 12.2. The molecule has 2 aromatic carbocycles. The Bertz CT molecular complexity index is 691. The fourth-order valence-electron chi connectivity index (χ4n) is 1.93. The minimum atomic E-state index is -0.510. The van der Waals surface area contributed by atoms with E-state index in [4.69, 9.17) is 21.1 Å². The van der Waals surface area contributed by atoms with Crippen LogP contribution in [-0.4, -0.2) is 20.1 Å². The van der Waals surface area contributed by atoms with E-state index in [1.54, 1.807) is 24.3 Å². The van der Waals surface area contributed by atoms with E-state index in [1.165, 1.54) is 26.4 Å². The highest BCUT2D eigenvalue weighted by atomic mass is 35.5. The van der Waals surface area contributed by atoms with Gasteiger partial charge in [0.2, 0.25) is 5.91 Å². The number of amides is 1. The van der Waals surface area contributed by atoms with E-state index in [9.17, 15) is 9.18 Å². The highest BCUT2D eigenvalue weighted by Gasteiger charge is 2.12. The lowest BCUT2D eigenvalue weighted by molar-refractivity contribution is -0.115. The van der Waals surface area contributed by atoms with Gasteiger partial charge in [0.25, 0.3) is 0 Å². The molecule has 0 aliphatic heterocycles. The van der Waals surface area contributed by atoms with Crippen LogP contribution < -0.4 is 14.8 Å². The molecule has 4 nitrogen and oxygen atoms in total. The number of carbonyl (C=O) groups excluding carboxylic acids is 1. The number of halogens is 2. The summed E-state index contributed by atoms with van der Waals surface area (Å²) in [6.07, 6.45) is -0.0990. The Morgan fingerprint density at radius 1 is 1.18 bits per heavy atom. The molecular weight excluding hydrogens is 309 g/mol. The van der Waals surface area contributed by atoms with Crippen molar-refractivity contribution in [2.24, 2.45) is 0 Å². The van der Waals surface area contributed by atoms with Crippen molar-refractivity contribution < 1.29 is 18.7 Å². The van der Waals surface area contributed by atoms with Gasteiger partial charge < -0.3 is 14.8 Å². The maximum Gasteiger partial charge on any atom is 0.229 e. The molecule has 1 N–H and O–H groups in total. The van der Waals surface area contributed by atoms with Crippen LogP contribution in [0, 0.1) is 5.82 Å². The summed E-state index contributed by atoms with van der Waals surface area (Å²) in [5.74, 6) is 0.205. The predicted octanol–water partition coefficient (Wildman–Crippen LogP) is 3.68. The Balaban J connectivity index is 2.12. The molecule has 22 heavy (non-hydrogen) atoms. The lowest BCUT2D eigenvalue weighted by Crippen LogP contribution is -2.15. The van der Waals surface area contributed by atoms with Gasteiger partial charge in [-0.25, -0.2) is 4.39 Å². The molecule has 0 spiro atoms. The molecule has 2 rings (SSSR count). The van der Waals surface area contributed by atoms with Crippen molar-refractivity contribution in [1.82, 2.24) is 0 Å². The van der Waals surface area contributed by atoms with Crippen molar-refractivity contribution in [3.63, 3.8) is 0 Å². The van der Waals surface area contributed by atoms with Gasteiger partial charge in [-0.1, -0.05) is 17.7 Å². The number of anilines is 1. The van der Waals surface area contributed by atoms with E-state index >= 15 is 0 Å². The molecule has 0 heterocycles. The molecule has 0 aliphatic rings. The van der Waals surface area contributed by atoms with Crippen LogP contribution in [0.2, 0.25) is 5.02 Å². The second-order valence-corrected chi connectivity index (χ2v) is 4.96. The first kappa shape index (κ1) is 16.1. The molecule has 0 aliphatic carbocycles. The second kappa shape index (κ2) is 7.13. The molecule has 0 aromatic heterocycles. The maximum atomic E-state index is 13.7. The smallest absolute Gasteiger partial charge is 0.229 e. The van der Waals surface area contributed by atoms with Crippen LogP contribution in [0.4, 0.5) is 10.1 Å². The van der Waals surface area contributed by atoms with Gasteiger partial charge >= 0.3 is 0 Å². The molecule has 0 saturated carbocycles. The van der Waals surface area contributed by atoms with Gasteiger partial charge in [-0.05, 0) is 29.8 Å². The molecule has 0 radical (unpaired) electrons. The number of carbonyl (C=O) groups is 1. The van der Waals surface area contributed by atoms with Gasteiger partial charge in [-0.3, -0.25) is 4.79 Å². The van der Waals surface area contributed by atoms with E-state index in [1.807, 2.05) is 0 Å². The second-order valence-electron chi connectivity index (χ2n) is 4.53. The van der Waals surface area contributed by atoms with E-state index in [2.05, 4.69) is 5.32 Å². The molecule has 0 fully saturated rings. The van der Waals surface area contributed by atoms with E-state index in [0.717, 1.165) is 0 Å². The molecule has 6 heteroatoms. The number of rotatable bonds is 5. The molecular formula is C16H15ClFNO3. The summed E-state index contributed by atoms with van der Waals surface area (Å²) in [7, 11) is 3.03. The summed E-state index contributed by atoms with van der Waals surface area (Å²) in [6, 6.07) is 9.22. The summed E-state index contributed by atoms with van der Waals surface area (Å²) >= 11 is 5.68. The molecule has 0 atom stereocenters. The largest absolute Gasteiger partial charge is 0.497 e. The summed E-state index contributed by atoms with van der Waals surface area (Å²) in [6.45, 7) is 0. The van der Waals surface area contributed by atoms with Crippen molar-refractivity contribution in [2.45, 2.75) is 6.42 Å². The van der Waals surface area contributed by atoms with Crippen LogP contribution in [0.25, 0.3) is 0 Å². The van der Waals surface area contributed by atoms with Crippen molar-refractivity contribution >= 4 is 23.2 Å². The van der Waals surface area contributed by atoms with Crippen LogP contribution in [0.5, 0.6) is 11.5 Å². The zero-order valence-corrected chi connectivity index (χ0v) is 12.9. The number of hydrogen-bond acceptors (Lipinski definition) is 3. The quantitative estimate of drug-likeness (QED) is 0.913. The van der Waals surface area contributed by atoms with E-state index in [-0.39, 0.29) is 17.9 Å². The molecule has 116 valence electrons. The maximum absolute atomic E-state index is 13.7. The Kier molecular flexibility index (Phi) is 5.22. The topological polar surface area (TPSA) is 47.6 Å². The highest BCUT2D eigenvalue weighted by molar-refractivity contribution is 6.30. The van der Waals surface area contributed by atoms with Crippen LogP contribution in [-0.2, 0) is 11.2 Å². The average Bonchev–Trinajstić information content (AvgIpc) is 2.50. The summed E-state index contributed by atoms with van der Waals surface area (Å²) in [4.78, 5) is 12.0. The Hall–Kier alpha value is -2.27. The number of methoxy groups -OCH3 is 2. The van der Waals surface area contributed by atoms with Crippen LogP contribution in [0.15, 0.2) is 36.4 Å². The van der Waals surface area contributed by atoms with Crippen LogP contribution in [0.1, 0.15) is 5.56 Å². The third kappa shape index (κ3) is 3.89. The average molecular weight is 324 g/mol. The molecule has 0 unspecified atom stereocenters. The van der Waals surface area contributed by atoms with Crippen molar-refractivity contribution in [3.8, 4) is 11.5 Å². The van der Waals surface area contributed by atoms with Crippen LogP contribution >= 0.6 is 11.6 Å². The first-order valence-corrected chi connectivity index (χ1v) is 6.87. The van der Waals surface area contributed by atoms with Gasteiger partial charge in [0, 0.05) is 11.1 Å². The van der Waals surface area contributed by atoms with Crippen molar-refractivity contribution in [1.29, 1.82) is 0 Å². The lowest BCUT2D eigenvalue weighted by Gasteiger charge is -2.12. The normalized spacial score (nSPS) is 10.2. The number of benzene rings is 2. The Morgan fingerprint density at radius 3 is 2.59 bits per heavy atom. The Morgan fingerprint density at radius 2 is 1.95 bits per heavy atom. The Labute approximate surface area is 132 Å². The molecule has 0 saturated heterocycles. The van der Waals surface area contributed by atoms with E-state index in [0.29, 0.717) is 22.2 Å². The fourth-order valence-corrected chi connectivity index (χ4v) is 2.09. The standard InChI is InChI=1S/C16H15ClFNO3/c1-21-12-5-6-14(15(9-12)22-2)19-16(20)7-10-3-4-11(17)8-13(10)18/h3-6,8-9H,7H2,1-2H3,(H,19,20). The van der Waals surface area contributed by atoms with Gasteiger partial charge in [0.1, 0.15) is 17.3 Å². The zero-order chi connectivity index (χ0) is 16.1. The molecule has 0 bridgehead atoms. The first-order valence-electron chi connectivity index (χ1n) is 6.49. The molecule has 2 aromatic rings. The van der Waals surface area contributed by atoms with Gasteiger partial charge in [0.05, 0.1) is 26.3 Å². The SMILES string of the molecule is COc1ccc(NC(=O)Cc2ccc(Cl)cc2F)c(OC)c1. The fraction of sp³-hybridized carbons (Fsp3) is 0.188. The minimum absolute atomic E-state index is 0.0990. The van der Waals surface area contributed by atoms with Crippen LogP contribution in [0.3, 0.4) is 0 Å². The number of ether oxygens (including phenoxy) is 2. The van der Waals surface area contributed by atoms with Crippen molar-refractivity contribution in [2.75, 3.05) is 19.5 Å². The number of hydrogen-bond donors (Lipinski definition) is 1. The summed E-state index contributed by atoms with van der Waals surface area (Å²) < 4.78 is 24.0. The molecule has 1 amide bonds. The van der Waals surface area contributed by atoms with Gasteiger partial charge in [-0.15, -0.1) is 0 Å². The third-order valence-corrected chi connectivity index (χ3v) is 3.28. The lowest BCUT2D eigenvalue weighted by atomic mass is 10.1. The number of nitrogens with one attached hydrogen (secondary N) is 1. The monoisotopic (exact) mass is 323 g/mol. The minimum Gasteiger partial charge on any atom is -0.497 e. The third-order valence-electron chi connectivity index (χ3n) is 3.05. The van der Waals surface area contributed by atoms with Gasteiger partial charge in [0.15, 0.2) is 0 Å². The summed E-state index contributed by atoms with van der Waals surface area (Å²) in [5, 5.41) is 2.97. The highest BCUT2D eigenvalue weighted by Crippen LogP contribution is 2.29. The van der Waals surface area contributed by atoms with E-state index < -0.39 is 5.82 Å². The summed E-state index contributed by atoms with van der Waals surface area (Å²) in [5.41, 5.74) is 0.761.